The quantitative estimate of drug-likeness (QED) is 0.681. The number of fused-ring (bicyclic) bond motifs is 2. The number of hydrogen-bond donors (Lipinski definition) is 0. The number of likely N-dealkylation sites (N-methyl/N-ethyl adjacent to an activating group) is 1. The van der Waals surface area contributed by atoms with E-state index in [9.17, 15) is 0 Å². The van der Waals surface area contributed by atoms with E-state index in [0.717, 1.165) is 6.04 Å². The van der Waals surface area contributed by atoms with Crippen LogP contribution in [0.15, 0.2) is 22.9 Å². The fourth-order valence-electron chi connectivity index (χ4n) is 2.70. The van der Waals surface area contributed by atoms with E-state index in [1.165, 1.54) is 24.8 Å². The highest BCUT2D eigenvalue weighted by molar-refractivity contribution is 7.08. The first-order chi connectivity index (χ1) is 6.84. The maximum absolute atomic E-state index is 2.54. The Morgan fingerprint density at radius 1 is 1.43 bits per heavy atom. The average molecular weight is 205 g/mol. The van der Waals surface area contributed by atoms with E-state index < -0.39 is 0 Å². The number of rotatable bonds is 1. The fourth-order valence-corrected chi connectivity index (χ4v) is 3.38. The second-order valence-corrected chi connectivity index (χ2v) is 5.15. The van der Waals surface area contributed by atoms with Gasteiger partial charge in [-0.1, -0.05) is 6.08 Å². The summed E-state index contributed by atoms with van der Waals surface area (Å²) in [6, 6.07) is 3.77. The normalized spacial score (nSPS) is 31.9. The minimum Gasteiger partial charge on any atom is -0.297 e. The van der Waals surface area contributed by atoms with Crippen molar-refractivity contribution in [2.24, 2.45) is 0 Å². The molecule has 3 heterocycles. The van der Waals surface area contributed by atoms with Crippen LogP contribution >= 0.6 is 11.3 Å². The van der Waals surface area contributed by atoms with Crippen LogP contribution in [0.4, 0.5) is 0 Å². The van der Waals surface area contributed by atoms with Gasteiger partial charge in [0.2, 0.25) is 0 Å². The molecule has 0 N–H and O–H groups in total. The molecule has 74 valence electrons. The third kappa shape index (κ3) is 1.25. The predicted molar refractivity (Wildman–Crippen MR) is 61.5 cm³/mol. The van der Waals surface area contributed by atoms with Gasteiger partial charge in [-0.15, -0.1) is 0 Å². The fraction of sp³-hybridized carbons (Fsp3) is 0.500. The largest absolute Gasteiger partial charge is 0.297 e. The van der Waals surface area contributed by atoms with E-state index in [0.29, 0.717) is 6.04 Å². The third-order valence-corrected chi connectivity index (χ3v) is 4.32. The molecular formula is C12H15NS. The van der Waals surface area contributed by atoms with Crippen LogP contribution in [0, 0.1) is 0 Å². The van der Waals surface area contributed by atoms with Crippen molar-refractivity contribution in [1.29, 1.82) is 0 Å². The molecule has 1 fully saturated rings. The minimum atomic E-state index is 0.712. The molecule has 1 aromatic heterocycles. The summed E-state index contributed by atoms with van der Waals surface area (Å²) >= 11 is 1.80. The van der Waals surface area contributed by atoms with Crippen molar-refractivity contribution < 1.29 is 0 Å². The van der Waals surface area contributed by atoms with E-state index in [1.807, 2.05) is 0 Å². The number of thiophene rings is 1. The number of hydrogen-bond acceptors (Lipinski definition) is 2. The van der Waals surface area contributed by atoms with Crippen LogP contribution in [0.3, 0.4) is 0 Å². The van der Waals surface area contributed by atoms with Gasteiger partial charge in [-0.05, 0) is 54.3 Å². The van der Waals surface area contributed by atoms with Gasteiger partial charge in [-0.25, -0.2) is 0 Å². The highest BCUT2D eigenvalue weighted by Crippen LogP contribution is 2.37. The van der Waals surface area contributed by atoms with Crippen molar-refractivity contribution in [3.8, 4) is 0 Å². The smallest absolute Gasteiger partial charge is 0.0284 e. The molecule has 0 aliphatic carbocycles. The second-order valence-electron chi connectivity index (χ2n) is 4.37. The van der Waals surface area contributed by atoms with Crippen molar-refractivity contribution in [2.45, 2.75) is 31.3 Å². The Bertz CT molecular complexity index is 352. The average Bonchev–Trinajstić information content (AvgIpc) is 2.75. The van der Waals surface area contributed by atoms with Crippen LogP contribution in [-0.2, 0) is 0 Å². The summed E-state index contributed by atoms with van der Waals surface area (Å²) in [6.45, 7) is 0. The molecule has 2 unspecified atom stereocenters. The minimum absolute atomic E-state index is 0.712. The van der Waals surface area contributed by atoms with Gasteiger partial charge >= 0.3 is 0 Å². The van der Waals surface area contributed by atoms with Crippen molar-refractivity contribution in [2.75, 3.05) is 7.05 Å². The molecule has 2 atom stereocenters. The van der Waals surface area contributed by atoms with Gasteiger partial charge in [0, 0.05) is 12.1 Å². The molecule has 2 heteroatoms. The van der Waals surface area contributed by atoms with Gasteiger partial charge in [0.15, 0.2) is 0 Å². The molecule has 2 aliphatic heterocycles. The Balaban J connectivity index is 1.94. The van der Waals surface area contributed by atoms with Crippen LogP contribution < -0.4 is 0 Å². The summed E-state index contributed by atoms with van der Waals surface area (Å²) in [4.78, 5) is 2.54. The molecule has 1 saturated heterocycles. The zero-order valence-electron chi connectivity index (χ0n) is 8.44. The molecule has 0 aromatic carbocycles. The van der Waals surface area contributed by atoms with Gasteiger partial charge in [0.1, 0.15) is 0 Å². The van der Waals surface area contributed by atoms with E-state index in [-0.39, 0.29) is 0 Å². The summed E-state index contributed by atoms with van der Waals surface area (Å²) in [5, 5.41) is 4.45. The lowest BCUT2D eigenvalue weighted by atomic mass is 9.97. The Morgan fingerprint density at radius 2 is 2.36 bits per heavy atom. The van der Waals surface area contributed by atoms with Crippen molar-refractivity contribution in [3.63, 3.8) is 0 Å². The van der Waals surface area contributed by atoms with Gasteiger partial charge in [-0.2, -0.15) is 11.3 Å². The molecular weight excluding hydrogens is 190 g/mol. The zero-order chi connectivity index (χ0) is 9.54. The molecule has 3 rings (SSSR count). The van der Waals surface area contributed by atoms with Crippen LogP contribution in [-0.4, -0.2) is 24.0 Å². The third-order valence-electron chi connectivity index (χ3n) is 3.64. The first-order valence-electron chi connectivity index (χ1n) is 5.30. The maximum Gasteiger partial charge on any atom is 0.0284 e. The Morgan fingerprint density at radius 3 is 3.07 bits per heavy atom. The molecule has 0 spiro atoms. The summed E-state index contributed by atoms with van der Waals surface area (Å²) in [6.07, 6.45) is 6.47. The first kappa shape index (κ1) is 8.69. The summed E-state index contributed by atoms with van der Waals surface area (Å²) in [5.41, 5.74) is 3.04. The van der Waals surface area contributed by atoms with Gasteiger partial charge in [-0.3, -0.25) is 4.90 Å². The van der Waals surface area contributed by atoms with E-state index in [4.69, 9.17) is 0 Å². The van der Waals surface area contributed by atoms with Gasteiger partial charge in [0.05, 0.1) is 0 Å². The monoisotopic (exact) mass is 205 g/mol. The highest BCUT2D eigenvalue weighted by atomic mass is 32.1. The van der Waals surface area contributed by atoms with Gasteiger partial charge < -0.3 is 0 Å². The lowest BCUT2D eigenvalue weighted by Crippen LogP contribution is -2.34. The Kier molecular flexibility index (Phi) is 1.99. The summed E-state index contributed by atoms with van der Waals surface area (Å²) in [5.74, 6) is 0. The first-order valence-corrected chi connectivity index (χ1v) is 6.24. The van der Waals surface area contributed by atoms with Gasteiger partial charge in [0.25, 0.3) is 0 Å². The maximum atomic E-state index is 2.54. The molecule has 0 amide bonds. The molecule has 0 saturated carbocycles. The van der Waals surface area contributed by atoms with Crippen molar-refractivity contribution in [3.05, 3.63) is 28.5 Å². The molecule has 2 bridgehead atoms. The van der Waals surface area contributed by atoms with Crippen molar-refractivity contribution >= 4 is 16.9 Å². The molecule has 0 radical (unpaired) electrons. The molecule has 1 nitrogen and oxygen atoms in total. The highest BCUT2D eigenvalue weighted by Gasteiger charge is 2.33. The standard InChI is InChI=1S/C12H15NS/c1-13-11-2-3-12(13)7-10(6-11)9-4-5-14-8-9/h4-6,8,11-12H,2-3,7H2,1H3. The van der Waals surface area contributed by atoms with Crippen LogP contribution in [0.2, 0.25) is 0 Å². The number of nitrogens with zero attached hydrogens (tertiary/aromatic N) is 1. The Hall–Kier alpha value is -0.600. The van der Waals surface area contributed by atoms with Crippen LogP contribution in [0.1, 0.15) is 24.8 Å². The molecule has 2 aliphatic rings. The van der Waals surface area contributed by atoms with Crippen LogP contribution in [0.5, 0.6) is 0 Å². The van der Waals surface area contributed by atoms with Crippen molar-refractivity contribution in [1.82, 2.24) is 4.90 Å². The molecule has 1 aromatic rings. The molecule has 14 heavy (non-hydrogen) atoms. The SMILES string of the molecule is CN1C2C=C(c3ccsc3)CC1CC2. The lowest BCUT2D eigenvalue weighted by Gasteiger charge is -2.30. The predicted octanol–water partition coefficient (Wildman–Crippen LogP) is 3.00. The Labute approximate surface area is 89.0 Å². The van der Waals surface area contributed by atoms with E-state index >= 15 is 0 Å². The second kappa shape index (κ2) is 3.21. The summed E-state index contributed by atoms with van der Waals surface area (Å²) < 4.78 is 0. The van der Waals surface area contributed by atoms with E-state index in [2.05, 4.69) is 34.9 Å². The van der Waals surface area contributed by atoms with E-state index in [1.54, 1.807) is 16.9 Å². The zero-order valence-corrected chi connectivity index (χ0v) is 9.26. The lowest BCUT2D eigenvalue weighted by molar-refractivity contribution is 0.264. The topological polar surface area (TPSA) is 3.24 Å². The summed E-state index contributed by atoms with van der Waals surface area (Å²) in [7, 11) is 2.27. The van der Waals surface area contributed by atoms with Crippen LogP contribution in [0.25, 0.3) is 5.57 Å².